The standard InChI is InChI=1S/C15H15Br2O4P/c16-8-15(9-17)10-19-22(18,20-11-15)21-14-7-3-5-12-4-1-2-6-13(12)14/h1-7H,8-11H2. The molecule has 1 heterocycles. The zero-order chi connectivity index (χ0) is 15.6. The van der Waals surface area contributed by atoms with Gasteiger partial charge in [0, 0.05) is 21.5 Å². The molecule has 0 aliphatic carbocycles. The molecular weight excluding hydrogens is 435 g/mol. The molecule has 3 rings (SSSR count). The van der Waals surface area contributed by atoms with E-state index in [0.717, 1.165) is 10.8 Å². The maximum Gasteiger partial charge on any atom is 0.530 e. The van der Waals surface area contributed by atoms with Crippen molar-refractivity contribution in [1.82, 2.24) is 0 Å². The largest absolute Gasteiger partial charge is 0.530 e. The van der Waals surface area contributed by atoms with Crippen molar-refractivity contribution in [3.8, 4) is 5.75 Å². The summed E-state index contributed by atoms with van der Waals surface area (Å²) in [5, 5.41) is 3.28. The van der Waals surface area contributed by atoms with Gasteiger partial charge in [0.25, 0.3) is 0 Å². The van der Waals surface area contributed by atoms with Crippen LogP contribution >= 0.6 is 39.7 Å². The fourth-order valence-corrected chi connectivity index (χ4v) is 5.17. The van der Waals surface area contributed by atoms with Crippen LogP contribution in [0.15, 0.2) is 42.5 Å². The highest BCUT2D eigenvalue weighted by atomic mass is 79.9. The molecule has 118 valence electrons. The molecule has 0 amide bonds. The zero-order valence-corrected chi connectivity index (χ0v) is 15.8. The van der Waals surface area contributed by atoms with Crippen LogP contribution in [0.2, 0.25) is 0 Å². The lowest BCUT2D eigenvalue weighted by Gasteiger charge is -2.36. The second kappa shape index (κ2) is 6.62. The van der Waals surface area contributed by atoms with Crippen molar-refractivity contribution in [2.75, 3.05) is 23.9 Å². The Morgan fingerprint density at radius 1 is 1.05 bits per heavy atom. The monoisotopic (exact) mass is 448 g/mol. The molecule has 7 heteroatoms. The minimum absolute atomic E-state index is 0.226. The van der Waals surface area contributed by atoms with Crippen LogP contribution in [-0.4, -0.2) is 23.9 Å². The first-order valence-electron chi connectivity index (χ1n) is 6.78. The normalized spacial score (nSPS) is 19.9. The highest BCUT2D eigenvalue weighted by molar-refractivity contribution is 9.09. The summed E-state index contributed by atoms with van der Waals surface area (Å²) >= 11 is 6.89. The molecule has 0 saturated carbocycles. The molecule has 0 unspecified atom stereocenters. The number of benzene rings is 2. The topological polar surface area (TPSA) is 44.8 Å². The van der Waals surface area contributed by atoms with Gasteiger partial charge < -0.3 is 4.52 Å². The van der Waals surface area contributed by atoms with Crippen molar-refractivity contribution in [1.29, 1.82) is 0 Å². The van der Waals surface area contributed by atoms with Gasteiger partial charge in [-0.25, -0.2) is 4.57 Å². The van der Waals surface area contributed by atoms with Gasteiger partial charge in [-0.15, -0.1) is 0 Å². The van der Waals surface area contributed by atoms with Gasteiger partial charge in [-0.3, -0.25) is 9.05 Å². The van der Waals surface area contributed by atoms with Crippen molar-refractivity contribution in [3.63, 3.8) is 0 Å². The van der Waals surface area contributed by atoms with E-state index >= 15 is 0 Å². The number of hydrogen-bond acceptors (Lipinski definition) is 4. The van der Waals surface area contributed by atoms with Gasteiger partial charge in [-0.05, 0) is 11.5 Å². The summed E-state index contributed by atoms with van der Waals surface area (Å²) < 4.78 is 29.2. The lowest BCUT2D eigenvalue weighted by Crippen LogP contribution is -2.39. The fraction of sp³-hybridized carbons (Fsp3) is 0.333. The van der Waals surface area contributed by atoms with Crippen LogP contribution < -0.4 is 4.52 Å². The molecule has 22 heavy (non-hydrogen) atoms. The smallest absolute Gasteiger partial charge is 0.403 e. The second-order valence-electron chi connectivity index (χ2n) is 5.33. The summed E-state index contributed by atoms with van der Waals surface area (Å²) in [6.45, 7) is 0.622. The Balaban J connectivity index is 1.82. The van der Waals surface area contributed by atoms with E-state index in [-0.39, 0.29) is 5.41 Å². The van der Waals surface area contributed by atoms with Gasteiger partial charge >= 0.3 is 7.82 Å². The third-order valence-corrected chi connectivity index (χ3v) is 7.27. The Morgan fingerprint density at radius 3 is 2.36 bits per heavy atom. The molecular formula is C15H15Br2O4P. The van der Waals surface area contributed by atoms with Crippen molar-refractivity contribution < 1.29 is 18.1 Å². The molecule has 2 aromatic rings. The van der Waals surface area contributed by atoms with Gasteiger partial charge in [0.15, 0.2) is 0 Å². The molecule has 1 saturated heterocycles. The number of fused-ring (bicyclic) bond motifs is 1. The first kappa shape index (κ1) is 16.5. The summed E-state index contributed by atoms with van der Waals surface area (Å²) in [4.78, 5) is 0. The van der Waals surface area contributed by atoms with Crippen LogP contribution in [0.5, 0.6) is 5.75 Å². The highest BCUT2D eigenvalue weighted by Gasteiger charge is 2.43. The van der Waals surface area contributed by atoms with Crippen molar-refractivity contribution in [3.05, 3.63) is 42.5 Å². The highest BCUT2D eigenvalue weighted by Crippen LogP contribution is 2.55. The lowest BCUT2D eigenvalue weighted by atomic mass is 9.96. The van der Waals surface area contributed by atoms with Crippen molar-refractivity contribution in [2.24, 2.45) is 5.41 Å². The second-order valence-corrected chi connectivity index (χ2v) is 8.04. The summed E-state index contributed by atoms with van der Waals surface area (Å²) in [7, 11) is -3.59. The van der Waals surface area contributed by atoms with Crippen molar-refractivity contribution >= 4 is 50.5 Å². The first-order valence-corrected chi connectivity index (χ1v) is 10.5. The molecule has 4 nitrogen and oxygen atoms in total. The van der Waals surface area contributed by atoms with Crippen LogP contribution in [0.1, 0.15) is 0 Å². The van der Waals surface area contributed by atoms with Gasteiger partial charge in [0.1, 0.15) is 5.75 Å². The summed E-state index contributed by atoms with van der Waals surface area (Å²) in [5.74, 6) is 0.506. The number of alkyl halides is 2. The van der Waals surface area contributed by atoms with Crippen LogP contribution in [0, 0.1) is 5.41 Å². The fourth-order valence-electron chi connectivity index (χ4n) is 2.15. The molecule has 0 radical (unpaired) electrons. The molecule has 0 N–H and O–H groups in total. The molecule has 1 fully saturated rings. The van der Waals surface area contributed by atoms with E-state index in [1.165, 1.54) is 0 Å². The molecule has 1 aliphatic heterocycles. The number of phosphoric ester groups is 1. The summed E-state index contributed by atoms with van der Waals surface area (Å²) in [5.41, 5.74) is -0.226. The predicted octanol–water partition coefficient (Wildman–Crippen LogP) is 5.15. The number of halogens is 2. The quantitative estimate of drug-likeness (QED) is 0.478. The average Bonchev–Trinajstić information content (AvgIpc) is 2.56. The number of rotatable bonds is 4. The lowest BCUT2D eigenvalue weighted by molar-refractivity contribution is 0.0249. The molecule has 2 aromatic carbocycles. The Hall–Kier alpha value is -0.390. The molecule has 0 spiro atoms. The van der Waals surface area contributed by atoms with Gasteiger partial charge in [0.2, 0.25) is 0 Å². The van der Waals surface area contributed by atoms with E-state index in [4.69, 9.17) is 13.6 Å². The van der Waals surface area contributed by atoms with E-state index < -0.39 is 7.82 Å². The minimum Gasteiger partial charge on any atom is -0.403 e. The van der Waals surface area contributed by atoms with E-state index in [0.29, 0.717) is 29.6 Å². The van der Waals surface area contributed by atoms with E-state index in [1.54, 1.807) is 6.07 Å². The Labute approximate surface area is 146 Å². The first-order chi connectivity index (χ1) is 10.6. The van der Waals surface area contributed by atoms with Gasteiger partial charge in [-0.2, -0.15) is 0 Å². The van der Waals surface area contributed by atoms with Crippen LogP contribution in [0.25, 0.3) is 10.8 Å². The molecule has 0 bridgehead atoms. The summed E-state index contributed by atoms with van der Waals surface area (Å²) in [6.07, 6.45) is 0. The maximum absolute atomic E-state index is 12.7. The van der Waals surface area contributed by atoms with Crippen LogP contribution in [-0.2, 0) is 13.6 Å². The van der Waals surface area contributed by atoms with E-state index in [2.05, 4.69) is 31.9 Å². The van der Waals surface area contributed by atoms with Gasteiger partial charge in [0.05, 0.1) is 13.2 Å². The molecule has 0 aromatic heterocycles. The molecule has 0 atom stereocenters. The Bertz CT molecular complexity index is 698. The average molecular weight is 450 g/mol. The van der Waals surface area contributed by atoms with Crippen molar-refractivity contribution in [2.45, 2.75) is 0 Å². The zero-order valence-electron chi connectivity index (χ0n) is 11.7. The van der Waals surface area contributed by atoms with Crippen LogP contribution in [0.4, 0.5) is 0 Å². The Morgan fingerprint density at radius 2 is 1.68 bits per heavy atom. The van der Waals surface area contributed by atoms with Gasteiger partial charge in [-0.1, -0.05) is 68.3 Å². The summed E-state index contributed by atoms with van der Waals surface area (Å²) in [6, 6.07) is 13.3. The minimum atomic E-state index is -3.59. The third kappa shape index (κ3) is 3.26. The van der Waals surface area contributed by atoms with E-state index in [9.17, 15) is 4.57 Å². The Kier molecular flexibility index (Phi) is 4.95. The SMILES string of the molecule is O=P1(Oc2cccc3ccccc23)OCC(CBr)(CBr)CO1. The molecule has 1 aliphatic rings. The maximum atomic E-state index is 12.7. The van der Waals surface area contributed by atoms with Crippen LogP contribution in [0.3, 0.4) is 0 Å². The number of hydrogen-bond donors (Lipinski definition) is 0. The third-order valence-electron chi connectivity index (χ3n) is 3.58. The van der Waals surface area contributed by atoms with E-state index in [1.807, 2.05) is 36.4 Å². The predicted molar refractivity (Wildman–Crippen MR) is 94.1 cm³/mol. The number of phosphoric acid groups is 1.